The number of nitrogens with one attached hydrogen (secondary N) is 2. The molecule has 0 bridgehead atoms. The van der Waals surface area contributed by atoms with Crippen molar-refractivity contribution in [2.24, 2.45) is 0 Å². The van der Waals surface area contributed by atoms with Gasteiger partial charge in [0.15, 0.2) is 0 Å². The van der Waals surface area contributed by atoms with Gasteiger partial charge in [0.2, 0.25) is 0 Å². The van der Waals surface area contributed by atoms with Crippen molar-refractivity contribution in [1.82, 2.24) is 10.6 Å². The zero-order valence-corrected chi connectivity index (χ0v) is 11.6. The number of carbonyl (C=O) groups excluding carboxylic acids is 1. The number of benzene rings is 1. The van der Waals surface area contributed by atoms with E-state index in [-0.39, 0.29) is 18.3 Å². The number of hydrogen-bond acceptors (Lipinski definition) is 3. The van der Waals surface area contributed by atoms with Gasteiger partial charge >= 0.3 is 12.6 Å². The van der Waals surface area contributed by atoms with Gasteiger partial charge in [-0.05, 0) is 24.6 Å². The normalized spacial score (nSPS) is 13.4. The molecule has 0 fully saturated rings. The van der Waals surface area contributed by atoms with E-state index >= 15 is 0 Å². The highest BCUT2D eigenvalue weighted by molar-refractivity contribution is 5.74. The molecule has 7 heteroatoms. The van der Waals surface area contributed by atoms with Gasteiger partial charge in [0.05, 0.1) is 6.10 Å². The summed E-state index contributed by atoms with van der Waals surface area (Å²) in [6.45, 7) is 2.38. The zero-order chi connectivity index (χ0) is 15.8. The van der Waals surface area contributed by atoms with E-state index in [4.69, 9.17) is 0 Å². The number of aliphatic hydroxyl groups excluding tert-OH is 1. The molecule has 1 aromatic rings. The van der Waals surface area contributed by atoms with Crippen molar-refractivity contribution >= 4 is 6.03 Å². The van der Waals surface area contributed by atoms with Crippen molar-refractivity contribution in [3.8, 4) is 5.75 Å². The van der Waals surface area contributed by atoms with E-state index in [1.807, 2.05) is 0 Å². The molecule has 2 amide bonds. The molecule has 5 nitrogen and oxygen atoms in total. The van der Waals surface area contributed by atoms with Crippen molar-refractivity contribution in [3.63, 3.8) is 0 Å². The zero-order valence-electron chi connectivity index (χ0n) is 11.6. The van der Waals surface area contributed by atoms with Crippen LogP contribution in [0.4, 0.5) is 13.6 Å². The summed E-state index contributed by atoms with van der Waals surface area (Å²) in [6, 6.07) is 4.93. The maximum absolute atomic E-state index is 12.0. The number of rotatable bonds is 7. The molecule has 0 saturated heterocycles. The first-order valence-electron chi connectivity index (χ1n) is 6.32. The summed E-state index contributed by atoms with van der Waals surface area (Å²) >= 11 is 0. The Morgan fingerprint density at radius 1 is 1.43 bits per heavy atom. The summed E-state index contributed by atoms with van der Waals surface area (Å²) in [5.74, 6) is 0.00598. The molecule has 0 aliphatic carbocycles. The molecule has 0 radical (unpaired) electrons. The Morgan fingerprint density at radius 2 is 2.05 bits per heavy atom. The number of ether oxygens (including phenoxy) is 1. The molecule has 21 heavy (non-hydrogen) atoms. The van der Waals surface area contributed by atoms with Gasteiger partial charge in [-0.2, -0.15) is 8.78 Å². The molecule has 0 aromatic heterocycles. The molecule has 1 rings (SSSR count). The van der Waals surface area contributed by atoms with Gasteiger partial charge in [-0.3, -0.25) is 0 Å². The van der Waals surface area contributed by atoms with Gasteiger partial charge in [-0.1, -0.05) is 18.2 Å². The fraction of sp³-hybridized carbons (Fsp3) is 0.357. The lowest BCUT2D eigenvalue weighted by Crippen LogP contribution is -2.41. The minimum absolute atomic E-state index is 0.00598. The van der Waals surface area contributed by atoms with E-state index in [1.54, 1.807) is 13.0 Å². The minimum Gasteiger partial charge on any atom is -0.435 e. The minimum atomic E-state index is -2.89. The molecule has 1 aromatic carbocycles. The second kappa shape index (κ2) is 8.21. The standard InChI is InChI=1S/C14H18F2N2O3/c1-3-9(2)18-14(20)17-8-12(19)10-4-6-11(7-5-10)21-13(15)16/h3-7,9,12-13,19H,1,8H2,2H3,(H2,17,18,20). The lowest BCUT2D eigenvalue weighted by Gasteiger charge is -2.15. The topological polar surface area (TPSA) is 70.6 Å². The summed E-state index contributed by atoms with van der Waals surface area (Å²) in [5, 5.41) is 15.0. The van der Waals surface area contributed by atoms with Crippen molar-refractivity contribution < 1.29 is 23.4 Å². The fourth-order valence-electron chi connectivity index (χ4n) is 1.50. The lowest BCUT2D eigenvalue weighted by atomic mass is 10.1. The van der Waals surface area contributed by atoms with E-state index in [1.165, 1.54) is 24.3 Å². The molecule has 2 atom stereocenters. The third-order valence-corrected chi connectivity index (χ3v) is 2.66. The van der Waals surface area contributed by atoms with Crippen LogP contribution < -0.4 is 15.4 Å². The van der Waals surface area contributed by atoms with Crippen LogP contribution in [0.25, 0.3) is 0 Å². The Labute approximate surface area is 121 Å². The van der Waals surface area contributed by atoms with Gasteiger partial charge in [0, 0.05) is 12.6 Å². The average molecular weight is 300 g/mol. The summed E-state index contributed by atoms with van der Waals surface area (Å²) in [4.78, 5) is 11.4. The molecule has 3 N–H and O–H groups in total. The van der Waals surface area contributed by atoms with Crippen LogP contribution in [0.1, 0.15) is 18.6 Å². The first-order chi connectivity index (χ1) is 9.92. The number of hydrogen-bond donors (Lipinski definition) is 3. The summed E-state index contributed by atoms with van der Waals surface area (Å²) < 4.78 is 28.2. The second-order valence-electron chi connectivity index (χ2n) is 4.34. The van der Waals surface area contributed by atoms with E-state index in [0.717, 1.165) is 0 Å². The molecule has 0 aliphatic rings. The second-order valence-corrected chi connectivity index (χ2v) is 4.34. The van der Waals surface area contributed by atoms with Crippen molar-refractivity contribution in [1.29, 1.82) is 0 Å². The molecule has 116 valence electrons. The maximum atomic E-state index is 12.0. The number of aliphatic hydroxyl groups is 1. The highest BCUT2D eigenvalue weighted by Gasteiger charge is 2.11. The fourth-order valence-corrected chi connectivity index (χ4v) is 1.50. The smallest absolute Gasteiger partial charge is 0.387 e. The molecule has 0 spiro atoms. The maximum Gasteiger partial charge on any atom is 0.387 e. The summed E-state index contributed by atoms with van der Waals surface area (Å²) in [6.07, 6.45) is 0.618. The largest absolute Gasteiger partial charge is 0.435 e. The van der Waals surface area contributed by atoms with Gasteiger partial charge < -0.3 is 20.5 Å². The number of carbonyl (C=O) groups is 1. The highest BCUT2D eigenvalue weighted by Crippen LogP contribution is 2.18. The van der Waals surface area contributed by atoms with Crippen LogP contribution in [0.5, 0.6) is 5.75 Å². The first kappa shape index (κ1) is 16.9. The predicted molar refractivity (Wildman–Crippen MR) is 74.2 cm³/mol. The monoisotopic (exact) mass is 300 g/mol. The van der Waals surface area contributed by atoms with Crippen LogP contribution >= 0.6 is 0 Å². The van der Waals surface area contributed by atoms with Gasteiger partial charge in [0.25, 0.3) is 0 Å². The van der Waals surface area contributed by atoms with Crippen LogP contribution in [0, 0.1) is 0 Å². The Bertz CT molecular complexity index is 466. The number of amides is 2. The molecule has 0 saturated carbocycles. The third kappa shape index (κ3) is 6.22. The molecule has 2 unspecified atom stereocenters. The van der Waals surface area contributed by atoms with E-state index in [2.05, 4.69) is 21.9 Å². The molecule has 0 aliphatic heterocycles. The Morgan fingerprint density at radius 3 is 2.57 bits per heavy atom. The van der Waals surface area contributed by atoms with E-state index in [0.29, 0.717) is 5.56 Å². The molecular formula is C14H18F2N2O3. The van der Waals surface area contributed by atoms with Gasteiger partial charge in [-0.25, -0.2) is 4.79 Å². The Hall–Kier alpha value is -2.15. The average Bonchev–Trinajstić information content (AvgIpc) is 2.44. The van der Waals surface area contributed by atoms with Gasteiger partial charge in [-0.15, -0.1) is 6.58 Å². The quantitative estimate of drug-likeness (QED) is 0.676. The Balaban J connectivity index is 2.46. The third-order valence-electron chi connectivity index (χ3n) is 2.66. The SMILES string of the molecule is C=CC(C)NC(=O)NCC(O)c1ccc(OC(F)F)cc1. The van der Waals surface area contributed by atoms with E-state index < -0.39 is 18.7 Å². The van der Waals surface area contributed by atoms with Crippen molar-refractivity contribution in [2.45, 2.75) is 25.7 Å². The number of urea groups is 1. The summed E-state index contributed by atoms with van der Waals surface area (Å²) in [7, 11) is 0. The Kier molecular flexibility index (Phi) is 6.61. The van der Waals surface area contributed by atoms with Crippen LogP contribution in [0.3, 0.4) is 0 Å². The van der Waals surface area contributed by atoms with Crippen LogP contribution in [-0.2, 0) is 0 Å². The van der Waals surface area contributed by atoms with Gasteiger partial charge in [0.1, 0.15) is 5.75 Å². The molecular weight excluding hydrogens is 282 g/mol. The lowest BCUT2D eigenvalue weighted by molar-refractivity contribution is -0.0498. The van der Waals surface area contributed by atoms with Crippen molar-refractivity contribution in [3.05, 3.63) is 42.5 Å². The highest BCUT2D eigenvalue weighted by atomic mass is 19.3. The number of halogens is 2. The molecule has 0 heterocycles. The van der Waals surface area contributed by atoms with Crippen LogP contribution in [-0.4, -0.2) is 30.3 Å². The van der Waals surface area contributed by atoms with Crippen LogP contribution in [0.2, 0.25) is 0 Å². The van der Waals surface area contributed by atoms with Crippen LogP contribution in [0.15, 0.2) is 36.9 Å². The predicted octanol–water partition coefficient (Wildman–Crippen LogP) is 2.20. The van der Waals surface area contributed by atoms with Crippen molar-refractivity contribution in [2.75, 3.05) is 6.54 Å². The summed E-state index contributed by atoms with van der Waals surface area (Å²) in [5.41, 5.74) is 0.480. The first-order valence-corrected chi connectivity index (χ1v) is 6.32. The number of alkyl halides is 2. The van der Waals surface area contributed by atoms with E-state index in [9.17, 15) is 18.7 Å².